The maximum atomic E-state index is 13.6. The van der Waals surface area contributed by atoms with Gasteiger partial charge in [-0.3, -0.25) is 19.9 Å². The summed E-state index contributed by atoms with van der Waals surface area (Å²) in [6, 6.07) is 60.0. The van der Waals surface area contributed by atoms with Crippen LogP contribution in [0.3, 0.4) is 0 Å². The molecule has 0 radical (unpaired) electrons. The number of aliphatic hydroxyl groups is 2. The molecule has 674 valence electrons. The van der Waals surface area contributed by atoms with Crippen molar-refractivity contribution in [3.63, 3.8) is 0 Å². The van der Waals surface area contributed by atoms with Gasteiger partial charge >= 0.3 is 5.69 Å². The highest BCUT2D eigenvalue weighted by molar-refractivity contribution is 7.24. The second kappa shape index (κ2) is 45.5. The van der Waals surface area contributed by atoms with Crippen LogP contribution in [0.15, 0.2) is 213 Å². The molecular weight excluding hydrogens is 1760 g/mol. The van der Waals surface area contributed by atoms with Gasteiger partial charge in [0.15, 0.2) is 66.4 Å². The fourth-order valence-corrected chi connectivity index (χ4v) is 17.9. The summed E-state index contributed by atoms with van der Waals surface area (Å²) in [5, 5.41) is 65.0. The van der Waals surface area contributed by atoms with Gasteiger partial charge in [0.2, 0.25) is 5.82 Å². The Bertz CT molecular complexity index is 6760. The van der Waals surface area contributed by atoms with E-state index in [9.17, 15) is 19.6 Å². The van der Waals surface area contributed by atoms with E-state index in [0.717, 1.165) is 190 Å². The minimum absolute atomic E-state index is 0.253. The summed E-state index contributed by atoms with van der Waals surface area (Å²) in [5.74, 6) is 9.53. The number of aromatic nitrogens is 12. The molecule has 2 atom stereocenters. The zero-order valence-electron chi connectivity index (χ0n) is 72.1. The molecule has 133 heavy (non-hydrogen) atoms. The molecule has 11 heterocycles. The second-order valence-corrected chi connectivity index (χ2v) is 34.8. The number of anilines is 16. The van der Waals surface area contributed by atoms with Crippen LogP contribution in [0.25, 0.3) is 41.4 Å². The molecule has 0 saturated carbocycles. The number of hydrogen-bond donors (Lipinski definition) is 12. The van der Waals surface area contributed by atoms with Crippen LogP contribution in [0.2, 0.25) is 0 Å². The number of morpholine rings is 1. The molecule has 12 N–H and O–H groups in total. The highest BCUT2D eigenvalue weighted by Gasteiger charge is 2.23. The summed E-state index contributed by atoms with van der Waals surface area (Å²) in [5.41, 5.74) is 15.6. The topological polar surface area (TPSA) is 393 Å². The third-order valence-electron chi connectivity index (χ3n) is 21.3. The average molecular weight is 1860 g/mol. The summed E-state index contributed by atoms with van der Waals surface area (Å²) in [6.45, 7) is 10.3. The molecule has 8 aromatic heterocycles. The molecule has 3 saturated heterocycles. The fraction of sp³-hybridized carbons (Fsp3) is 0.229. The lowest BCUT2D eigenvalue weighted by molar-refractivity contribution is -0.387. The number of nitro benzene ring substituents is 1. The Morgan fingerprint density at radius 1 is 0.481 bits per heavy atom. The standard InChI is InChI=1S/C26H26N6OS.C25H24N6OS.C23H22N6O2S.C22H20FN7O3S/c1-3-18-5-4-6-21(15-18)29-24-23-25(28-17-27-24)31-26(34-23)30-20-9-7-19(8-10-20)16-32(2)22-11-13-33-14-12-22;1-2-17-5-3-6-20(13-17)29-23-22-24(28-16-27-23)31-25(33-22)30-19-10-8-18(9-11-19)14-26-15-21-7-4-12-32-21;1-2-15-4-3-5-18(10-15)27-21-20-22(26-14-25-21)29-23(32-20)28-17-8-6-16(7-9-17)11-24-12-19(31)13-30;23-17-6-5-16(11-18(17)30(31)32)26-20-19-21(25-13-24-20)28-22(34-19)27-15-3-1-14(2-4-15)12-29-7-9-33-10-8-29/h1,4-10,15,17,22H,11-14,16H2,2H3,(H2,27,28,29,30,31);1,3,5-6,8-11,13,16,21,26H,4,7,12,14-15H2,(H2,27,28,29,30,31);1,3-10,14,19,24,30-31H,11-13H2,(H2,25,26,27,28,29);1-6,11,13H,7-10,12H2,(H2,24,25,26,27,28)/t;21-;;/m.1../s1. The van der Waals surface area contributed by atoms with Gasteiger partial charge in [-0.1, -0.05) is 130 Å². The SMILES string of the molecule is C#Cc1cccc(Nc2ncnc3nc(Nc4ccc(CN(C)C5CCOCC5)cc4)sc23)c1.C#Cc1cccc(Nc2ncnc3nc(Nc4ccc(CNCC(O)CO)cc4)sc23)c1.C#Cc1cccc(Nc2ncnc3nc(Nc4ccc(CNC[C@H]5CCCO5)cc4)sc23)c1.O=[N+]([O-])c1cc(Nc2ncnc3nc(Nc4ccc(CN5CCOCC5)cc4)sc23)ccc1F. The number of nitro groups is 1. The number of nitrogens with zero attached hydrogens (tertiary/aromatic N) is 15. The smallest absolute Gasteiger partial charge is 0.306 e. The van der Waals surface area contributed by atoms with E-state index < -0.39 is 22.5 Å². The van der Waals surface area contributed by atoms with Gasteiger partial charge in [0.05, 0.1) is 37.0 Å². The molecule has 19 rings (SSSR count). The highest BCUT2D eigenvalue weighted by atomic mass is 32.1. The van der Waals surface area contributed by atoms with Crippen LogP contribution in [-0.4, -0.2) is 176 Å². The van der Waals surface area contributed by atoms with Crippen molar-refractivity contribution in [2.75, 3.05) is 115 Å². The van der Waals surface area contributed by atoms with Gasteiger partial charge in [0.1, 0.15) is 44.1 Å². The third-order valence-corrected chi connectivity index (χ3v) is 25.1. The number of aliphatic hydroxyl groups excluding tert-OH is 2. The molecule has 0 bridgehead atoms. The van der Waals surface area contributed by atoms with Crippen LogP contribution >= 0.6 is 45.3 Å². The average Bonchev–Trinajstić information content (AvgIpc) is 1.70. The van der Waals surface area contributed by atoms with Crippen molar-refractivity contribution in [1.29, 1.82) is 0 Å². The zero-order valence-corrected chi connectivity index (χ0v) is 75.3. The van der Waals surface area contributed by atoms with E-state index in [-0.39, 0.29) is 6.61 Å². The van der Waals surface area contributed by atoms with E-state index >= 15 is 0 Å². The van der Waals surface area contributed by atoms with Crippen molar-refractivity contribution in [3.05, 3.63) is 268 Å². The monoisotopic (exact) mass is 1850 g/mol. The number of thiazole rings is 4. The number of hydrogen-bond acceptors (Lipinski definition) is 35. The number of halogens is 1. The zero-order chi connectivity index (χ0) is 91.6. The second-order valence-electron chi connectivity index (χ2n) is 30.8. The molecule has 0 spiro atoms. The van der Waals surface area contributed by atoms with Crippen molar-refractivity contribution in [1.82, 2.24) is 80.2 Å². The minimum Gasteiger partial charge on any atom is -0.394 e. The van der Waals surface area contributed by atoms with Gasteiger partial charge in [-0.15, -0.1) is 19.3 Å². The van der Waals surface area contributed by atoms with Crippen molar-refractivity contribution in [2.24, 2.45) is 0 Å². The van der Waals surface area contributed by atoms with E-state index in [0.29, 0.717) is 91.7 Å². The molecule has 8 aromatic carbocycles. The molecule has 3 aliphatic rings. The van der Waals surface area contributed by atoms with Crippen molar-refractivity contribution >= 4 is 182 Å². The van der Waals surface area contributed by atoms with Gasteiger partial charge in [0, 0.05) is 146 Å². The number of nitrogens with one attached hydrogen (secondary N) is 10. The molecule has 3 fully saturated rings. The Morgan fingerprint density at radius 2 is 0.865 bits per heavy atom. The van der Waals surface area contributed by atoms with E-state index in [4.69, 9.17) is 38.6 Å². The van der Waals surface area contributed by atoms with Crippen LogP contribution in [0.4, 0.5) is 99.4 Å². The van der Waals surface area contributed by atoms with E-state index in [2.05, 4.69) is 208 Å². The van der Waals surface area contributed by atoms with Crippen molar-refractivity contribution in [3.8, 4) is 37.0 Å². The predicted octanol–water partition coefficient (Wildman–Crippen LogP) is 17.4. The molecule has 1 unspecified atom stereocenters. The van der Waals surface area contributed by atoms with Crippen molar-refractivity contribution in [2.45, 2.75) is 70.1 Å². The van der Waals surface area contributed by atoms with E-state index in [1.165, 1.54) is 99.8 Å². The summed E-state index contributed by atoms with van der Waals surface area (Å²) in [4.78, 5) is 67.9. The lowest BCUT2D eigenvalue weighted by Crippen LogP contribution is -2.36. The van der Waals surface area contributed by atoms with Crippen LogP contribution in [0.5, 0.6) is 0 Å². The summed E-state index contributed by atoms with van der Waals surface area (Å²) in [6.07, 6.45) is 26.5. The normalized spacial score (nSPS) is 14.0. The molecule has 32 nitrogen and oxygen atoms in total. The van der Waals surface area contributed by atoms with Crippen LogP contribution in [0.1, 0.15) is 64.6 Å². The summed E-state index contributed by atoms with van der Waals surface area (Å²) >= 11 is 5.82. The van der Waals surface area contributed by atoms with Gasteiger partial charge in [-0.25, -0.2) is 39.9 Å². The predicted molar refractivity (Wildman–Crippen MR) is 526 cm³/mol. The van der Waals surface area contributed by atoms with Gasteiger partial charge in [-0.2, -0.15) is 24.3 Å². The van der Waals surface area contributed by atoms with Crippen LogP contribution in [0, 0.1) is 53.0 Å². The molecule has 3 aliphatic heterocycles. The number of benzene rings is 8. The third kappa shape index (κ3) is 25.7. The van der Waals surface area contributed by atoms with Crippen LogP contribution < -0.4 is 53.2 Å². The lowest BCUT2D eigenvalue weighted by atomic mass is 10.1. The molecule has 37 heteroatoms. The summed E-state index contributed by atoms with van der Waals surface area (Å²) in [7, 11) is 2.19. The first-order chi connectivity index (χ1) is 65.1. The maximum Gasteiger partial charge on any atom is 0.306 e. The largest absolute Gasteiger partial charge is 0.394 e. The number of ether oxygens (including phenoxy) is 3. The quantitative estimate of drug-likeness (QED) is 0.0109. The van der Waals surface area contributed by atoms with E-state index in [1.54, 1.807) is 0 Å². The Labute approximate surface area is 781 Å². The Balaban J connectivity index is 0.000000129. The number of rotatable bonds is 31. The van der Waals surface area contributed by atoms with Crippen molar-refractivity contribution < 1.29 is 33.7 Å². The number of fused-ring (bicyclic) bond motifs is 4. The molecule has 0 aliphatic carbocycles. The number of terminal acetylenes is 3. The molecular formula is C96H92FN25O7S4. The van der Waals surface area contributed by atoms with Gasteiger partial charge in [-0.05, 0) is 170 Å². The van der Waals surface area contributed by atoms with Gasteiger partial charge in [0.25, 0.3) is 0 Å². The first kappa shape index (κ1) is 92.0. The van der Waals surface area contributed by atoms with Gasteiger partial charge < -0.3 is 77.6 Å². The first-order valence-corrected chi connectivity index (χ1v) is 45.9. The molecule has 16 aromatic rings. The molecule has 0 amide bonds. The van der Waals surface area contributed by atoms with E-state index in [1.807, 2.05) is 109 Å². The van der Waals surface area contributed by atoms with Crippen LogP contribution in [-0.2, 0) is 40.4 Å². The minimum atomic E-state index is -0.899. The summed E-state index contributed by atoms with van der Waals surface area (Å²) < 4.78 is 33.4. The Hall–Kier alpha value is -14.3. The Kier molecular flexibility index (Phi) is 31.5. The fourth-order valence-electron chi connectivity index (χ4n) is 14.4. The first-order valence-electron chi connectivity index (χ1n) is 42.7. The maximum absolute atomic E-state index is 13.6. The Morgan fingerprint density at radius 3 is 1.26 bits per heavy atom. The lowest BCUT2D eigenvalue weighted by Gasteiger charge is -2.31. The highest BCUT2D eigenvalue weighted by Crippen LogP contribution is 2.39.